The van der Waals surface area contributed by atoms with Gasteiger partial charge in [-0.25, -0.2) is 0 Å². The molecule has 19 heavy (non-hydrogen) atoms. The highest BCUT2D eigenvalue weighted by molar-refractivity contribution is 5.28. The van der Waals surface area contributed by atoms with E-state index >= 15 is 0 Å². The summed E-state index contributed by atoms with van der Waals surface area (Å²) in [5.41, 5.74) is 0. The third-order valence-electron chi connectivity index (χ3n) is 3.70. The second-order valence-corrected chi connectivity index (χ2v) is 5.39. The zero-order valence-corrected chi connectivity index (χ0v) is 12.0. The van der Waals surface area contributed by atoms with Gasteiger partial charge in [0.2, 0.25) is 0 Å². The van der Waals surface area contributed by atoms with Crippen LogP contribution < -0.4 is 0 Å². The molecule has 1 rings (SSSR count). The molecule has 0 saturated heterocycles. The van der Waals surface area contributed by atoms with Crippen molar-refractivity contribution in [2.45, 2.75) is 76.9 Å². The van der Waals surface area contributed by atoms with E-state index in [0.29, 0.717) is 12.3 Å². The first-order valence-electron chi connectivity index (χ1n) is 7.61. The van der Waals surface area contributed by atoms with Gasteiger partial charge in [0.25, 0.3) is 0 Å². The third-order valence-corrected chi connectivity index (χ3v) is 3.70. The predicted octanol–water partition coefficient (Wildman–Crippen LogP) is 2.88. The van der Waals surface area contributed by atoms with Crippen LogP contribution >= 0.6 is 0 Å². The minimum absolute atomic E-state index is 0.317. The molecule has 0 aromatic heterocycles. The van der Waals surface area contributed by atoms with Crippen LogP contribution in [0.25, 0.3) is 0 Å². The monoisotopic (exact) mass is 262 g/mol. The molecule has 2 atom stereocenters. The summed E-state index contributed by atoms with van der Waals surface area (Å²) in [7, 11) is 0. The molecular formula is C17H26O2. The highest BCUT2D eigenvalue weighted by Crippen LogP contribution is 2.25. The van der Waals surface area contributed by atoms with Crippen molar-refractivity contribution in [2.75, 3.05) is 0 Å². The fraction of sp³-hybridized carbons (Fsp3) is 0.765. The summed E-state index contributed by atoms with van der Waals surface area (Å²) in [5, 5.41) is 19.5. The molecule has 2 heteroatoms. The lowest BCUT2D eigenvalue weighted by Gasteiger charge is -2.22. The maximum absolute atomic E-state index is 9.91. The first-order valence-corrected chi connectivity index (χ1v) is 7.61. The Hall–Kier alpha value is -0.960. The number of aliphatic hydroxyl groups is 2. The molecule has 1 aliphatic carbocycles. The number of unbranched alkanes of at least 4 members (excludes halogenated alkanes) is 2. The maximum Gasteiger partial charge on any atom is 0.118 e. The summed E-state index contributed by atoms with van der Waals surface area (Å²) in [6.45, 7) is 2.14. The highest BCUT2D eigenvalue weighted by Gasteiger charge is 2.19. The lowest BCUT2D eigenvalue weighted by Crippen LogP contribution is -2.21. The highest BCUT2D eigenvalue weighted by atomic mass is 16.3. The molecule has 1 aliphatic rings. The Bertz CT molecular complexity index is 347. The molecule has 2 unspecified atom stereocenters. The Kier molecular flexibility index (Phi) is 8.39. The molecule has 1 fully saturated rings. The lowest BCUT2D eigenvalue weighted by molar-refractivity contribution is 0.133. The van der Waals surface area contributed by atoms with Crippen molar-refractivity contribution in [3.63, 3.8) is 0 Å². The van der Waals surface area contributed by atoms with Crippen molar-refractivity contribution in [3.8, 4) is 23.7 Å². The van der Waals surface area contributed by atoms with Crippen LogP contribution in [0.15, 0.2) is 0 Å². The van der Waals surface area contributed by atoms with Gasteiger partial charge in [-0.3, -0.25) is 0 Å². The molecule has 0 amide bonds. The van der Waals surface area contributed by atoms with Gasteiger partial charge in [-0.2, -0.15) is 0 Å². The van der Waals surface area contributed by atoms with E-state index in [1.165, 1.54) is 19.3 Å². The van der Waals surface area contributed by atoms with E-state index in [4.69, 9.17) is 0 Å². The van der Waals surface area contributed by atoms with E-state index < -0.39 is 12.2 Å². The molecular weight excluding hydrogens is 236 g/mol. The van der Waals surface area contributed by atoms with Crippen molar-refractivity contribution >= 4 is 0 Å². The SMILES string of the molecule is CCCCCC(O)C#CC#CC(O)C1CCCCC1. The molecule has 1 saturated carbocycles. The quantitative estimate of drug-likeness (QED) is 0.591. The summed E-state index contributed by atoms with van der Waals surface area (Å²) in [5.74, 6) is 11.2. The Labute approximate surface area is 117 Å². The average Bonchev–Trinajstić information content (AvgIpc) is 2.44. The summed E-state index contributed by atoms with van der Waals surface area (Å²) < 4.78 is 0. The molecule has 0 aromatic rings. The maximum atomic E-state index is 9.91. The Morgan fingerprint density at radius 1 is 1.00 bits per heavy atom. The molecule has 2 N–H and O–H groups in total. The summed E-state index contributed by atoms with van der Waals surface area (Å²) >= 11 is 0. The van der Waals surface area contributed by atoms with Crippen molar-refractivity contribution in [1.29, 1.82) is 0 Å². The van der Waals surface area contributed by atoms with E-state index in [1.807, 2.05) is 0 Å². The largest absolute Gasteiger partial charge is 0.380 e. The number of hydrogen-bond donors (Lipinski definition) is 2. The lowest BCUT2D eigenvalue weighted by atomic mass is 9.85. The van der Waals surface area contributed by atoms with Crippen molar-refractivity contribution in [3.05, 3.63) is 0 Å². The van der Waals surface area contributed by atoms with Gasteiger partial charge in [-0.05, 0) is 43.4 Å². The van der Waals surface area contributed by atoms with E-state index in [9.17, 15) is 10.2 Å². The van der Waals surface area contributed by atoms with Crippen molar-refractivity contribution < 1.29 is 10.2 Å². The smallest absolute Gasteiger partial charge is 0.118 e. The Morgan fingerprint density at radius 2 is 1.68 bits per heavy atom. The van der Waals surface area contributed by atoms with E-state index in [1.54, 1.807) is 0 Å². The van der Waals surface area contributed by atoms with Crippen molar-refractivity contribution in [2.24, 2.45) is 5.92 Å². The van der Waals surface area contributed by atoms with Gasteiger partial charge in [-0.15, -0.1) is 0 Å². The first kappa shape index (κ1) is 16.1. The van der Waals surface area contributed by atoms with E-state index in [2.05, 4.69) is 30.6 Å². The Morgan fingerprint density at radius 3 is 2.37 bits per heavy atom. The fourth-order valence-corrected chi connectivity index (χ4v) is 2.46. The second-order valence-electron chi connectivity index (χ2n) is 5.39. The number of aliphatic hydroxyl groups excluding tert-OH is 2. The molecule has 0 aromatic carbocycles. The topological polar surface area (TPSA) is 40.5 Å². The van der Waals surface area contributed by atoms with Gasteiger partial charge in [0, 0.05) is 0 Å². The average molecular weight is 262 g/mol. The van der Waals surface area contributed by atoms with Crippen LogP contribution in [0, 0.1) is 29.6 Å². The zero-order valence-electron chi connectivity index (χ0n) is 12.0. The van der Waals surface area contributed by atoms with Crippen LogP contribution in [0.4, 0.5) is 0 Å². The predicted molar refractivity (Wildman–Crippen MR) is 78.3 cm³/mol. The normalized spacial score (nSPS) is 18.7. The van der Waals surface area contributed by atoms with Gasteiger partial charge in [0.15, 0.2) is 0 Å². The molecule has 0 aliphatic heterocycles. The standard InChI is InChI=1S/C17H26O2/c1-2-3-5-12-16(18)13-8-9-14-17(19)15-10-6-4-7-11-15/h15-19H,2-7,10-12H2,1H3. The zero-order chi connectivity index (χ0) is 13.9. The molecule has 0 spiro atoms. The molecule has 0 bridgehead atoms. The van der Waals surface area contributed by atoms with Crippen LogP contribution in [0.2, 0.25) is 0 Å². The van der Waals surface area contributed by atoms with Crippen LogP contribution in [0.1, 0.15) is 64.7 Å². The number of rotatable bonds is 5. The van der Waals surface area contributed by atoms with E-state index in [-0.39, 0.29) is 0 Å². The van der Waals surface area contributed by atoms with Crippen LogP contribution in [-0.4, -0.2) is 22.4 Å². The minimum Gasteiger partial charge on any atom is -0.380 e. The van der Waals surface area contributed by atoms with Gasteiger partial charge in [0.05, 0.1) is 0 Å². The van der Waals surface area contributed by atoms with Crippen LogP contribution in [0.5, 0.6) is 0 Å². The molecule has 106 valence electrons. The van der Waals surface area contributed by atoms with Crippen molar-refractivity contribution in [1.82, 2.24) is 0 Å². The fourth-order valence-electron chi connectivity index (χ4n) is 2.46. The van der Waals surface area contributed by atoms with E-state index in [0.717, 1.165) is 32.1 Å². The van der Waals surface area contributed by atoms with Crippen LogP contribution in [-0.2, 0) is 0 Å². The van der Waals surface area contributed by atoms with Gasteiger partial charge in [-0.1, -0.05) is 50.9 Å². The van der Waals surface area contributed by atoms with Gasteiger partial charge < -0.3 is 10.2 Å². The van der Waals surface area contributed by atoms with Gasteiger partial charge >= 0.3 is 0 Å². The summed E-state index contributed by atoms with van der Waals surface area (Å²) in [6, 6.07) is 0. The first-order chi connectivity index (χ1) is 9.24. The molecule has 2 nitrogen and oxygen atoms in total. The second kappa shape index (κ2) is 9.90. The van der Waals surface area contributed by atoms with Gasteiger partial charge in [0.1, 0.15) is 12.2 Å². The Balaban J connectivity index is 2.28. The summed E-state index contributed by atoms with van der Waals surface area (Å²) in [6.07, 6.45) is 8.69. The summed E-state index contributed by atoms with van der Waals surface area (Å²) in [4.78, 5) is 0. The third kappa shape index (κ3) is 7.26. The van der Waals surface area contributed by atoms with Crippen LogP contribution in [0.3, 0.4) is 0 Å². The minimum atomic E-state index is -0.576. The molecule has 0 heterocycles. The number of hydrogen-bond acceptors (Lipinski definition) is 2. The molecule has 0 radical (unpaired) electrons.